The third kappa shape index (κ3) is 3.38. The molecule has 3 aromatic rings. The van der Waals surface area contributed by atoms with Gasteiger partial charge in [0.25, 0.3) is 0 Å². The van der Waals surface area contributed by atoms with Crippen molar-refractivity contribution in [2.75, 3.05) is 10.5 Å². The van der Waals surface area contributed by atoms with E-state index in [4.69, 9.17) is 5.21 Å². The summed E-state index contributed by atoms with van der Waals surface area (Å²) in [7, 11) is 0. The number of hydrogen-bond acceptors (Lipinski definition) is 6. The van der Waals surface area contributed by atoms with Crippen molar-refractivity contribution >= 4 is 50.4 Å². The van der Waals surface area contributed by atoms with Gasteiger partial charge in [-0.05, 0) is 46.9 Å². The molecule has 0 spiro atoms. The molecule has 5 nitrogen and oxygen atoms in total. The second kappa shape index (κ2) is 6.61. The van der Waals surface area contributed by atoms with E-state index in [0.29, 0.717) is 3.57 Å². The number of hydrogen-bond donors (Lipinski definition) is 2. The van der Waals surface area contributed by atoms with Gasteiger partial charge in [-0.2, -0.15) is 0 Å². The van der Waals surface area contributed by atoms with Crippen LogP contribution in [-0.2, 0) is 0 Å². The summed E-state index contributed by atoms with van der Waals surface area (Å²) in [5, 5.41) is 26.0. The van der Waals surface area contributed by atoms with Crippen LogP contribution in [0.25, 0.3) is 11.3 Å². The molecule has 2 aromatic carbocycles. The average molecular weight is 424 g/mol. The zero-order valence-corrected chi connectivity index (χ0v) is 14.2. The highest BCUT2D eigenvalue weighted by Crippen LogP contribution is 2.31. The Labute approximate surface area is 144 Å². The molecular formula is C15H11IN3O2S-. The maximum atomic E-state index is 11.1. The van der Waals surface area contributed by atoms with E-state index in [0.717, 1.165) is 22.1 Å². The maximum Gasteiger partial charge on any atom is 0.187 e. The van der Waals surface area contributed by atoms with Gasteiger partial charge in [0.1, 0.15) is 0 Å². The molecule has 0 aliphatic carbocycles. The number of nitrogens with one attached hydrogen (secondary N) is 1. The van der Waals surface area contributed by atoms with Crippen LogP contribution in [0.15, 0.2) is 53.9 Å². The van der Waals surface area contributed by atoms with Crippen molar-refractivity contribution in [3.05, 3.63) is 62.7 Å². The first kappa shape index (κ1) is 15.2. The Kier molecular flexibility index (Phi) is 4.57. The fraction of sp³-hybridized carbons (Fsp3) is 0. The van der Waals surface area contributed by atoms with Gasteiger partial charge in [0.2, 0.25) is 0 Å². The second-order valence-electron chi connectivity index (χ2n) is 4.47. The Bertz CT molecular complexity index is 777. The number of rotatable bonds is 4. The number of thiazole rings is 1. The standard InChI is InChI=1S/C15H11IN3O2S/c16-12-7-6-10(8-14(12)19(20)21)13-9-22-15(18-13)17-11-4-2-1-3-5-11/h1-9,20H,(H,17,18)/q-1. The van der Waals surface area contributed by atoms with Gasteiger partial charge in [0.05, 0.1) is 11.4 Å². The smallest absolute Gasteiger partial charge is 0.187 e. The van der Waals surface area contributed by atoms with Crippen molar-refractivity contribution in [3.63, 3.8) is 0 Å². The number of aromatic nitrogens is 1. The largest absolute Gasteiger partial charge is 0.733 e. The molecule has 0 fully saturated rings. The van der Waals surface area contributed by atoms with Crippen LogP contribution in [0.3, 0.4) is 0 Å². The minimum Gasteiger partial charge on any atom is -0.733 e. The lowest BCUT2D eigenvalue weighted by molar-refractivity contribution is 0.296. The summed E-state index contributed by atoms with van der Waals surface area (Å²) >= 11 is 3.48. The van der Waals surface area contributed by atoms with E-state index < -0.39 is 0 Å². The van der Waals surface area contributed by atoms with Crippen molar-refractivity contribution in [3.8, 4) is 11.3 Å². The highest BCUT2D eigenvalue weighted by Gasteiger charge is 2.08. The molecule has 3 rings (SSSR count). The first-order valence-corrected chi connectivity index (χ1v) is 8.33. The Morgan fingerprint density at radius 1 is 1.18 bits per heavy atom. The minimum absolute atomic E-state index is 0.124. The Morgan fingerprint density at radius 3 is 2.68 bits per heavy atom. The number of para-hydroxylation sites is 1. The van der Waals surface area contributed by atoms with Crippen LogP contribution in [-0.4, -0.2) is 10.2 Å². The molecule has 0 aliphatic rings. The lowest BCUT2D eigenvalue weighted by atomic mass is 10.1. The first-order chi connectivity index (χ1) is 10.6. The van der Waals surface area contributed by atoms with Gasteiger partial charge >= 0.3 is 0 Å². The van der Waals surface area contributed by atoms with Gasteiger partial charge in [-0.1, -0.05) is 24.3 Å². The summed E-state index contributed by atoms with van der Waals surface area (Å²) in [4.78, 5) is 4.51. The Balaban J connectivity index is 1.86. The lowest BCUT2D eigenvalue weighted by Gasteiger charge is -2.23. The minimum atomic E-state index is -0.124. The fourth-order valence-corrected chi connectivity index (χ4v) is 3.21. The zero-order chi connectivity index (χ0) is 15.5. The fourth-order valence-electron chi connectivity index (χ4n) is 1.93. The molecule has 0 aliphatic heterocycles. The molecule has 112 valence electrons. The third-order valence-corrected chi connectivity index (χ3v) is 4.65. The Hall–Kier alpha value is -1.68. The van der Waals surface area contributed by atoms with Crippen molar-refractivity contribution in [1.82, 2.24) is 4.98 Å². The summed E-state index contributed by atoms with van der Waals surface area (Å²) in [6.45, 7) is 0. The molecule has 2 N–H and O–H groups in total. The van der Waals surface area contributed by atoms with E-state index in [2.05, 4.69) is 10.3 Å². The van der Waals surface area contributed by atoms with Crippen molar-refractivity contribution < 1.29 is 5.21 Å². The van der Waals surface area contributed by atoms with E-state index in [1.54, 1.807) is 12.1 Å². The molecule has 1 heterocycles. The summed E-state index contributed by atoms with van der Waals surface area (Å²) in [5.41, 5.74) is 2.71. The number of nitrogens with zero attached hydrogens (tertiary/aromatic N) is 2. The van der Waals surface area contributed by atoms with Crippen molar-refractivity contribution in [2.45, 2.75) is 0 Å². The SMILES string of the molecule is [O-]N(O)c1cc(-c2csc(Nc3ccccc3)n2)ccc1I. The molecule has 0 amide bonds. The van der Waals surface area contributed by atoms with Gasteiger partial charge in [-0.3, -0.25) is 5.21 Å². The van der Waals surface area contributed by atoms with Gasteiger partial charge in [-0.25, -0.2) is 4.98 Å². The first-order valence-electron chi connectivity index (χ1n) is 6.37. The van der Waals surface area contributed by atoms with E-state index in [-0.39, 0.29) is 10.9 Å². The Morgan fingerprint density at radius 2 is 1.95 bits per heavy atom. The van der Waals surface area contributed by atoms with Gasteiger partial charge in [0.15, 0.2) is 5.13 Å². The molecule has 0 saturated carbocycles. The van der Waals surface area contributed by atoms with Crippen LogP contribution in [0.1, 0.15) is 0 Å². The number of halogens is 1. The summed E-state index contributed by atoms with van der Waals surface area (Å²) in [6.07, 6.45) is 0. The third-order valence-electron chi connectivity index (χ3n) is 2.98. The molecule has 7 heteroatoms. The zero-order valence-electron chi connectivity index (χ0n) is 11.2. The molecule has 0 atom stereocenters. The predicted molar refractivity (Wildman–Crippen MR) is 97.6 cm³/mol. The second-order valence-corrected chi connectivity index (χ2v) is 6.49. The van der Waals surface area contributed by atoms with Gasteiger partial charge in [0, 0.05) is 20.2 Å². The molecule has 0 saturated heterocycles. The summed E-state index contributed by atoms with van der Waals surface area (Å²) in [6, 6.07) is 15.0. The van der Waals surface area contributed by atoms with Crippen LogP contribution >= 0.6 is 33.9 Å². The van der Waals surface area contributed by atoms with Crippen LogP contribution in [0.4, 0.5) is 16.5 Å². The van der Waals surface area contributed by atoms with Crippen LogP contribution < -0.4 is 10.5 Å². The maximum absolute atomic E-state index is 11.1. The molecular weight excluding hydrogens is 413 g/mol. The van der Waals surface area contributed by atoms with Crippen LogP contribution in [0.5, 0.6) is 0 Å². The monoisotopic (exact) mass is 424 g/mol. The lowest BCUT2D eigenvalue weighted by Crippen LogP contribution is -2.08. The van der Waals surface area contributed by atoms with Crippen LogP contribution in [0, 0.1) is 8.78 Å². The quantitative estimate of drug-likeness (QED) is 0.463. The summed E-state index contributed by atoms with van der Waals surface area (Å²) in [5.74, 6) is 0. The number of anilines is 3. The number of benzene rings is 2. The van der Waals surface area contributed by atoms with Gasteiger partial charge < -0.3 is 15.8 Å². The highest BCUT2D eigenvalue weighted by atomic mass is 127. The molecule has 22 heavy (non-hydrogen) atoms. The molecule has 0 unspecified atom stereocenters. The van der Waals surface area contributed by atoms with E-state index >= 15 is 0 Å². The van der Waals surface area contributed by atoms with Crippen LogP contribution in [0.2, 0.25) is 0 Å². The predicted octanol–water partition coefficient (Wildman–Crippen LogP) is 4.85. The van der Waals surface area contributed by atoms with Crippen molar-refractivity contribution in [2.24, 2.45) is 0 Å². The molecule has 0 radical (unpaired) electrons. The normalized spacial score (nSPS) is 10.5. The van der Waals surface area contributed by atoms with E-state index in [1.807, 2.05) is 64.4 Å². The topological polar surface area (TPSA) is 71.5 Å². The summed E-state index contributed by atoms with van der Waals surface area (Å²) < 4.78 is 0.678. The van der Waals surface area contributed by atoms with Gasteiger partial charge in [-0.15, -0.1) is 11.3 Å². The van der Waals surface area contributed by atoms with E-state index in [1.165, 1.54) is 11.3 Å². The highest BCUT2D eigenvalue weighted by molar-refractivity contribution is 14.1. The molecule has 1 aromatic heterocycles. The molecule has 0 bridgehead atoms. The van der Waals surface area contributed by atoms with Crippen molar-refractivity contribution in [1.29, 1.82) is 0 Å². The van der Waals surface area contributed by atoms with E-state index in [9.17, 15) is 5.21 Å². The average Bonchev–Trinajstić information content (AvgIpc) is 2.97.